The molecule has 0 aliphatic rings. The van der Waals surface area contributed by atoms with E-state index in [4.69, 9.17) is 26.8 Å². The first-order valence-corrected chi connectivity index (χ1v) is 12.6. The maximum absolute atomic E-state index is 12.7. The summed E-state index contributed by atoms with van der Waals surface area (Å²) in [5, 5.41) is 12.4. The number of nitrogens with zero attached hydrogens (tertiary/aromatic N) is 3. The Kier molecular flexibility index (Phi) is 8.76. The molecule has 0 aliphatic heterocycles. The summed E-state index contributed by atoms with van der Waals surface area (Å²) in [6.45, 7) is 5.92. The quantitative estimate of drug-likeness (QED) is 0.291. The van der Waals surface area contributed by atoms with Crippen LogP contribution in [-0.2, 0) is 16.1 Å². The van der Waals surface area contributed by atoms with E-state index in [0.29, 0.717) is 33.9 Å². The molecule has 0 aliphatic carbocycles. The van der Waals surface area contributed by atoms with E-state index >= 15 is 0 Å². The minimum absolute atomic E-state index is 0.00880. The summed E-state index contributed by atoms with van der Waals surface area (Å²) in [5.41, 5.74) is 5.86. The van der Waals surface area contributed by atoms with Crippen molar-refractivity contribution in [1.82, 2.24) is 14.8 Å². The Morgan fingerprint density at radius 2 is 2.06 bits per heavy atom. The van der Waals surface area contributed by atoms with Gasteiger partial charge < -0.3 is 25.1 Å². The Morgan fingerprint density at radius 1 is 1.31 bits per heavy atom. The Labute approximate surface area is 215 Å². The molecule has 3 rings (SSSR count). The van der Waals surface area contributed by atoms with Gasteiger partial charge in [-0.2, -0.15) is 0 Å². The van der Waals surface area contributed by atoms with Crippen molar-refractivity contribution in [1.29, 1.82) is 0 Å². The second-order valence-electron chi connectivity index (χ2n) is 7.26. The van der Waals surface area contributed by atoms with Crippen LogP contribution in [0.5, 0.6) is 5.75 Å². The van der Waals surface area contributed by atoms with Gasteiger partial charge in [0.15, 0.2) is 17.1 Å². The van der Waals surface area contributed by atoms with Crippen LogP contribution in [0.25, 0.3) is 0 Å². The fourth-order valence-corrected chi connectivity index (χ4v) is 5.33. The van der Waals surface area contributed by atoms with Crippen molar-refractivity contribution in [3.63, 3.8) is 0 Å². The third kappa shape index (κ3) is 6.13. The molecule has 0 saturated heterocycles. The predicted octanol–water partition coefficient (Wildman–Crippen LogP) is 4.08. The van der Waals surface area contributed by atoms with Crippen molar-refractivity contribution < 1.29 is 23.9 Å². The highest BCUT2D eigenvalue weighted by Gasteiger charge is 2.26. The molecule has 0 bridgehead atoms. The van der Waals surface area contributed by atoms with Crippen molar-refractivity contribution in [2.24, 2.45) is 5.73 Å². The number of halogens is 1. The summed E-state index contributed by atoms with van der Waals surface area (Å²) in [6.07, 6.45) is -0.409. The molecule has 1 atom stereocenters. The summed E-state index contributed by atoms with van der Waals surface area (Å²) in [5.74, 6) is -0.558. The highest BCUT2D eigenvalue weighted by molar-refractivity contribution is 7.99. The van der Waals surface area contributed by atoms with Gasteiger partial charge in [-0.3, -0.25) is 9.59 Å². The third-order valence-electron chi connectivity index (χ3n) is 4.88. The molecule has 0 fully saturated rings. The van der Waals surface area contributed by atoms with E-state index in [9.17, 15) is 14.4 Å². The molecule has 0 spiro atoms. The monoisotopic (exact) mass is 537 g/mol. The number of thiophene rings is 1. The fraction of sp³-hybridized carbons (Fsp3) is 0.318. The molecule has 3 N–H and O–H groups in total. The molecule has 10 nitrogen and oxygen atoms in total. The molecule has 13 heteroatoms. The largest absolute Gasteiger partial charge is 0.483 e. The smallest absolute Gasteiger partial charge is 0.341 e. The van der Waals surface area contributed by atoms with Crippen molar-refractivity contribution in [3.8, 4) is 5.75 Å². The molecule has 2 heterocycles. The minimum Gasteiger partial charge on any atom is -0.483 e. The lowest BCUT2D eigenvalue weighted by Crippen LogP contribution is -2.17. The molecular formula is C22H24ClN5O5S2. The standard InChI is InChI=1S/C22H24ClN5O5S2/c1-5-28-19(12(3)33-14-8-6-7-13(23)9-14)26-27-22(28)34-10-15(29)25-20-16(21(31)32-4)11(2)17(35-20)18(24)30/h6-9,12H,5,10H2,1-4H3,(H2,24,30)(H,25,29). The molecule has 2 aromatic heterocycles. The Morgan fingerprint density at radius 3 is 2.69 bits per heavy atom. The number of hydrogen-bond acceptors (Lipinski definition) is 9. The number of aromatic nitrogens is 3. The minimum atomic E-state index is -0.690. The molecule has 1 aromatic carbocycles. The number of carbonyl (C=O) groups is 3. The summed E-state index contributed by atoms with van der Waals surface area (Å²) in [7, 11) is 1.22. The van der Waals surface area contributed by atoms with Crippen LogP contribution in [0.2, 0.25) is 5.02 Å². The molecular weight excluding hydrogens is 514 g/mol. The lowest BCUT2D eigenvalue weighted by Gasteiger charge is -2.15. The van der Waals surface area contributed by atoms with Crippen LogP contribution in [0.15, 0.2) is 29.4 Å². The molecule has 35 heavy (non-hydrogen) atoms. The lowest BCUT2D eigenvalue weighted by atomic mass is 10.1. The average Bonchev–Trinajstić information content (AvgIpc) is 3.37. The Balaban J connectivity index is 1.71. The number of hydrogen-bond donors (Lipinski definition) is 2. The van der Waals surface area contributed by atoms with Gasteiger partial charge in [-0.1, -0.05) is 29.4 Å². The lowest BCUT2D eigenvalue weighted by molar-refractivity contribution is -0.113. The Bertz CT molecular complexity index is 1260. The van der Waals surface area contributed by atoms with E-state index in [1.807, 2.05) is 18.4 Å². The van der Waals surface area contributed by atoms with Gasteiger partial charge in [0.05, 0.1) is 23.3 Å². The maximum Gasteiger partial charge on any atom is 0.341 e. The highest BCUT2D eigenvalue weighted by atomic mass is 35.5. The number of primary amides is 1. The zero-order chi connectivity index (χ0) is 25.7. The van der Waals surface area contributed by atoms with Gasteiger partial charge >= 0.3 is 5.97 Å². The van der Waals surface area contributed by atoms with E-state index < -0.39 is 23.9 Å². The molecule has 3 aromatic rings. The normalized spacial score (nSPS) is 11.7. The van der Waals surface area contributed by atoms with Crippen molar-refractivity contribution >= 4 is 57.5 Å². The van der Waals surface area contributed by atoms with Gasteiger partial charge in [0, 0.05) is 11.6 Å². The molecule has 2 amide bonds. The number of carbonyl (C=O) groups excluding carboxylic acids is 3. The number of rotatable bonds is 10. The van der Waals surface area contributed by atoms with Gasteiger partial charge in [0.2, 0.25) is 5.91 Å². The molecule has 0 saturated carbocycles. The first-order valence-electron chi connectivity index (χ1n) is 10.5. The number of nitrogens with one attached hydrogen (secondary N) is 1. The van der Waals surface area contributed by atoms with Crippen LogP contribution in [0.1, 0.15) is 51.4 Å². The summed E-state index contributed by atoms with van der Waals surface area (Å²) >= 11 is 8.13. The summed E-state index contributed by atoms with van der Waals surface area (Å²) < 4.78 is 12.6. The van der Waals surface area contributed by atoms with Crippen molar-refractivity contribution in [2.45, 2.75) is 38.6 Å². The first kappa shape index (κ1) is 26.5. The number of methoxy groups -OCH3 is 1. The average molecular weight is 538 g/mol. The first-order chi connectivity index (χ1) is 16.7. The van der Waals surface area contributed by atoms with Gasteiger partial charge in [-0.25, -0.2) is 4.79 Å². The van der Waals surface area contributed by atoms with E-state index in [1.165, 1.54) is 18.9 Å². The van der Waals surface area contributed by atoms with Gasteiger partial charge in [0.25, 0.3) is 5.91 Å². The number of amides is 2. The number of anilines is 1. The summed E-state index contributed by atoms with van der Waals surface area (Å²) in [6, 6.07) is 7.06. The summed E-state index contributed by atoms with van der Waals surface area (Å²) in [4.78, 5) is 36.7. The maximum atomic E-state index is 12.7. The van der Waals surface area contributed by atoms with E-state index in [2.05, 4.69) is 15.5 Å². The van der Waals surface area contributed by atoms with E-state index in [0.717, 1.165) is 11.3 Å². The van der Waals surface area contributed by atoms with E-state index in [-0.39, 0.29) is 21.2 Å². The van der Waals surface area contributed by atoms with Gasteiger partial charge in [-0.05, 0) is 44.5 Å². The number of ether oxygens (including phenoxy) is 2. The third-order valence-corrected chi connectivity index (χ3v) is 7.30. The van der Waals surface area contributed by atoms with Crippen molar-refractivity contribution in [3.05, 3.63) is 51.1 Å². The van der Waals surface area contributed by atoms with Crippen LogP contribution < -0.4 is 15.8 Å². The fourth-order valence-electron chi connectivity index (χ4n) is 3.28. The van der Waals surface area contributed by atoms with Crippen molar-refractivity contribution in [2.75, 3.05) is 18.2 Å². The molecule has 0 radical (unpaired) electrons. The van der Waals surface area contributed by atoms with Gasteiger partial charge in [-0.15, -0.1) is 21.5 Å². The predicted molar refractivity (Wildman–Crippen MR) is 134 cm³/mol. The van der Waals surface area contributed by atoms with Crippen LogP contribution in [0, 0.1) is 6.92 Å². The number of esters is 1. The number of nitrogens with two attached hydrogens (primary N) is 1. The van der Waals surface area contributed by atoms with E-state index in [1.54, 1.807) is 31.2 Å². The molecule has 1 unspecified atom stereocenters. The SMILES string of the molecule is CCn1c(SCC(=O)Nc2sc(C(N)=O)c(C)c2C(=O)OC)nnc1C(C)Oc1cccc(Cl)c1. The van der Waals surface area contributed by atoms with Crippen LogP contribution >= 0.6 is 34.7 Å². The zero-order valence-electron chi connectivity index (χ0n) is 19.5. The second kappa shape index (κ2) is 11.6. The number of benzene rings is 1. The second-order valence-corrected chi connectivity index (χ2v) is 9.66. The van der Waals surface area contributed by atoms with Crippen LogP contribution in [0.4, 0.5) is 5.00 Å². The number of thioether (sulfide) groups is 1. The molecule has 186 valence electrons. The van der Waals surface area contributed by atoms with Crippen LogP contribution in [0.3, 0.4) is 0 Å². The van der Waals surface area contributed by atoms with Gasteiger partial charge in [0.1, 0.15) is 10.8 Å². The van der Waals surface area contributed by atoms with Crippen LogP contribution in [-0.4, -0.2) is 45.4 Å². The zero-order valence-corrected chi connectivity index (χ0v) is 21.8. The highest BCUT2D eigenvalue weighted by Crippen LogP contribution is 2.34. The topological polar surface area (TPSA) is 138 Å². The Hall–Kier alpha value is -3.09.